The molecule has 1 aromatic heterocycles. The van der Waals surface area contributed by atoms with E-state index in [0.29, 0.717) is 6.54 Å². The number of aromatic nitrogens is 1. The third-order valence-corrected chi connectivity index (χ3v) is 4.17. The number of rotatable bonds is 5. The lowest BCUT2D eigenvalue weighted by Crippen LogP contribution is -2.43. The number of piperidine rings is 1. The largest absolute Gasteiger partial charge is 0.441 e. The molecule has 0 bridgehead atoms. The van der Waals surface area contributed by atoms with E-state index in [9.17, 15) is 18.0 Å². The van der Waals surface area contributed by atoms with Crippen LogP contribution in [0.2, 0.25) is 0 Å². The fourth-order valence-electron chi connectivity index (χ4n) is 2.43. The molecule has 2 heterocycles. The Morgan fingerprint density at radius 2 is 2.27 bits per heavy atom. The van der Waals surface area contributed by atoms with Crippen LogP contribution in [0.25, 0.3) is 0 Å². The maximum absolute atomic E-state index is 12.1. The number of halogens is 3. The van der Waals surface area contributed by atoms with Gasteiger partial charge in [0.25, 0.3) is 0 Å². The Morgan fingerprint density at radius 3 is 2.95 bits per heavy atom. The van der Waals surface area contributed by atoms with Gasteiger partial charge in [0.2, 0.25) is 5.91 Å². The summed E-state index contributed by atoms with van der Waals surface area (Å²) in [5.74, 6) is 0.286. The van der Waals surface area contributed by atoms with Gasteiger partial charge in [-0.3, -0.25) is 4.79 Å². The smallest absolute Gasteiger partial charge is 0.356 e. The van der Waals surface area contributed by atoms with Gasteiger partial charge in [0.05, 0.1) is 5.92 Å². The second kappa shape index (κ2) is 7.71. The first kappa shape index (κ1) is 16.9. The number of amides is 1. The topological polar surface area (TPSA) is 45.2 Å². The highest BCUT2D eigenvalue weighted by Crippen LogP contribution is 2.29. The zero-order chi connectivity index (χ0) is 16.0. The molecule has 0 aliphatic carbocycles. The van der Waals surface area contributed by atoms with Crippen molar-refractivity contribution in [2.45, 2.75) is 18.3 Å². The first-order chi connectivity index (χ1) is 10.5. The standard InChI is InChI=1S/C14H18F3N3OS/c15-14(16,17)22-9-7-19-13(21)11-4-3-8-20(10-11)12-5-1-2-6-18-12/h1-2,5-6,11H,3-4,7-10H2,(H,19,21)/t11-/m0/s1. The van der Waals surface area contributed by atoms with Crippen LogP contribution in [0.3, 0.4) is 0 Å². The molecule has 1 saturated heterocycles. The molecule has 22 heavy (non-hydrogen) atoms. The number of carbonyl (C=O) groups excluding carboxylic acids is 1. The van der Waals surface area contributed by atoms with Crippen LogP contribution in [-0.2, 0) is 4.79 Å². The highest BCUT2D eigenvalue weighted by atomic mass is 32.2. The van der Waals surface area contributed by atoms with E-state index in [1.165, 1.54) is 0 Å². The first-order valence-corrected chi connectivity index (χ1v) is 8.08. The number of alkyl halides is 3. The van der Waals surface area contributed by atoms with Crippen LogP contribution in [-0.4, -0.2) is 41.8 Å². The summed E-state index contributed by atoms with van der Waals surface area (Å²) in [6, 6.07) is 5.61. The van der Waals surface area contributed by atoms with E-state index in [4.69, 9.17) is 0 Å². The number of nitrogens with zero attached hydrogens (tertiary/aromatic N) is 2. The van der Waals surface area contributed by atoms with Gasteiger partial charge in [0.15, 0.2) is 0 Å². The summed E-state index contributed by atoms with van der Waals surface area (Å²) in [6.45, 7) is 1.42. The minimum atomic E-state index is -4.24. The van der Waals surface area contributed by atoms with Crippen LogP contribution in [0.1, 0.15) is 12.8 Å². The Kier molecular flexibility index (Phi) is 5.93. The van der Waals surface area contributed by atoms with Gasteiger partial charge in [0, 0.05) is 31.6 Å². The molecule has 1 atom stereocenters. The van der Waals surface area contributed by atoms with Gasteiger partial charge in [-0.05, 0) is 36.7 Å². The fourth-order valence-corrected chi connectivity index (χ4v) is 2.86. The molecule has 1 fully saturated rings. The Morgan fingerprint density at radius 1 is 1.45 bits per heavy atom. The number of anilines is 1. The van der Waals surface area contributed by atoms with E-state index in [-0.39, 0.29) is 35.9 Å². The summed E-state index contributed by atoms with van der Waals surface area (Å²) < 4.78 is 36.0. The van der Waals surface area contributed by atoms with Crippen molar-refractivity contribution in [2.24, 2.45) is 5.92 Å². The zero-order valence-electron chi connectivity index (χ0n) is 12.0. The molecule has 0 radical (unpaired) electrons. The van der Waals surface area contributed by atoms with E-state index >= 15 is 0 Å². The Bertz CT molecular complexity index is 484. The summed E-state index contributed by atoms with van der Waals surface area (Å²) in [5.41, 5.74) is -4.24. The van der Waals surface area contributed by atoms with Gasteiger partial charge in [-0.2, -0.15) is 13.2 Å². The molecular formula is C14H18F3N3OS. The number of hydrogen-bond acceptors (Lipinski definition) is 4. The lowest BCUT2D eigenvalue weighted by molar-refractivity contribution is -0.125. The molecule has 1 aromatic rings. The van der Waals surface area contributed by atoms with Crippen LogP contribution in [0.5, 0.6) is 0 Å². The molecular weight excluding hydrogens is 315 g/mol. The lowest BCUT2D eigenvalue weighted by Gasteiger charge is -2.32. The number of carbonyl (C=O) groups is 1. The molecule has 1 amide bonds. The van der Waals surface area contributed by atoms with Crippen LogP contribution in [0.15, 0.2) is 24.4 Å². The Balaban J connectivity index is 1.78. The van der Waals surface area contributed by atoms with Gasteiger partial charge in [-0.1, -0.05) is 6.07 Å². The van der Waals surface area contributed by atoms with Crippen LogP contribution >= 0.6 is 11.8 Å². The van der Waals surface area contributed by atoms with Crippen LogP contribution in [0, 0.1) is 5.92 Å². The van der Waals surface area contributed by atoms with Crippen molar-refractivity contribution in [3.63, 3.8) is 0 Å². The van der Waals surface area contributed by atoms with Crippen molar-refractivity contribution < 1.29 is 18.0 Å². The zero-order valence-corrected chi connectivity index (χ0v) is 12.8. The third kappa shape index (κ3) is 5.40. The monoisotopic (exact) mass is 333 g/mol. The second-order valence-electron chi connectivity index (χ2n) is 5.06. The average Bonchev–Trinajstić information content (AvgIpc) is 2.51. The van der Waals surface area contributed by atoms with Gasteiger partial charge in [-0.25, -0.2) is 4.98 Å². The SMILES string of the molecule is O=C(NCCSC(F)(F)F)[C@H]1CCCN(c2ccccn2)C1. The number of hydrogen-bond donors (Lipinski definition) is 1. The molecule has 4 nitrogen and oxygen atoms in total. The molecule has 0 unspecified atom stereocenters. The molecule has 1 aliphatic heterocycles. The summed E-state index contributed by atoms with van der Waals surface area (Å²) >= 11 is -0.116. The van der Waals surface area contributed by atoms with Crippen molar-refractivity contribution in [3.8, 4) is 0 Å². The summed E-state index contributed by atoms with van der Waals surface area (Å²) in [6.07, 6.45) is 3.32. The minimum absolute atomic E-state index is 0.0309. The van der Waals surface area contributed by atoms with Gasteiger partial charge < -0.3 is 10.2 Å². The molecule has 2 rings (SSSR count). The highest BCUT2D eigenvalue weighted by Gasteiger charge is 2.29. The maximum Gasteiger partial charge on any atom is 0.441 e. The Labute approximate surface area is 131 Å². The second-order valence-corrected chi connectivity index (χ2v) is 6.22. The number of pyridine rings is 1. The van der Waals surface area contributed by atoms with E-state index in [0.717, 1.165) is 25.2 Å². The number of nitrogens with one attached hydrogen (secondary N) is 1. The van der Waals surface area contributed by atoms with Crippen molar-refractivity contribution >= 4 is 23.5 Å². The van der Waals surface area contributed by atoms with Gasteiger partial charge >= 0.3 is 5.51 Å². The van der Waals surface area contributed by atoms with E-state index in [2.05, 4.69) is 10.3 Å². The van der Waals surface area contributed by atoms with E-state index in [1.807, 2.05) is 23.1 Å². The van der Waals surface area contributed by atoms with Crippen LogP contribution in [0.4, 0.5) is 19.0 Å². The molecule has 1 aliphatic rings. The van der Waals surface area contributed by atoms with Gasteiger partial charge in [0.1, 0.15) is 5.82 Å². The van der Waals surface area contributed by atoms with Crippen molar-refractivity contribution in [3.05, 3.63) is 24.4 Å². The fraction of sp³-hybridized carbons (Fsp3) is 0.571. The van der Waals surface area contributed by atoms with E-state index < -0.39 is 5.51 Å². The van der Waals surface area contributed by atoms with Crippen molar-refractivity contribution in [2.75, 3.05) is 30.3 Å². The molecule has 1 N–H and O–H groups in total. The summed E-state index contributed by atoms with van der Waals surface area (Å²) in [7, 11) is 0. The summed E-state index contributed by atoms with van der Waals surface area (Å²) in [5, 5.41) is 2.59. The predicted molar refractivity (Wildman–Crippen MR) is 80.7 cm³/mol. The van der Waals surface area contributed by atoms with Crippen LogP contribution < -0.4 is 10.2 Å². The normalized spacial score (nSPS) is 19.0. The first-order valence-electron chi connectivity index (χ1n) is 7.10. The Hall–Kier alpha value is -1.44. The predicted octanol–water partition coefficient (Wildman–Crippen LogP) is 2.67. The summed E-state index contributed by atoms with van der Waals surface area (Å²) in [4.78, 5) is 18.4. The molecule has 0 spiro atoms. The van der Waals surface area contributed by atoms with Crippen molar-refractivity contribution in [1.29, 1.82) is 0 Å². The molecule has 0 saturated carbocycles. The molecule has 122 valence electrons. The van der Waals surface area contributed by atoms with Crippen molar-refractivity contribution in [1.82, 2.24) is 10.3 Å². The molecule has 0 aromatic carbocycles. The third-order valence-electron chi connectivity index (χ3n) is 3.43. The lowest BCUT2D eigenvalue weighted by atomic mass is 9.97. The molecule has 8 heteroatoms. The highest BCUT2D eigenvalue weighted by molar-refractivity contribution is 8.00. The maximum atomic E-state index is 12.1. The number of thioether (sulfide) groups is 1. The van der Waals surface area contributed by atoms with E-state index in [1.54, 1.807) is 6.20 Å². The average molecular weight is 333 g/mol. The minimum Gasteiger partial charge on any atom is -0.356 e. The quantitative estimate of drug-likeness (QED) is 0.842. The van der Waals surface area contributed by atoms with Gasteiger partial charge in [-0.15, -0.1) is 0 Å².